The van der Waals surface area contributed by atoms with Gasteiger partial charge in [-0.3, -0.25) is 0 Å². The van der Waals surface area contributed by atoms with Crippen LogP contribution >= 0.6 is 27.3 Å². The van der Waals surface area contributed by atoms with E-state index >= 15 is 0 Å². The molecule has 1 aliphatic rings. The molecule has 7 heteroatoms. The molecule has 1 aliphatic heterocycles. The lowest BCUT2D eigenvalue weighted by Gasteiger charge is -2.19. The minimum Gasteiger partial charge on any atom is -0.480 e. The predicted octanol–water partition coefficient (Wildman–Crippen LogP) is 2.39. The second kappa shape index (κ2) is 4.89. The lowest BCUT2D eigenvalue weighted by Crippen LogP contribution is -2.41. The summed E-state index contributed by atoms with van der Waals surface area (Å²) in [4.78, 5) is 27.0. The number of carboxylic acids is 1. The van der Waals surface area contributed by atoms with Gasteiger partial charge in [-0.05, 0) is 28.9 Å². The summed E-state index contributed by atoms with van der Waals surface area (Å²) in [6.45, 7) is 1.94. The largest absolute Gasteiger partial charge is 0.480 e. The number of halogens is 1. The third kappa shape index (κ3) is 2.24. The monoisotopic (exact) mass is 332 g/mol. The van der Waals surface area contributed by atoms with Crippen LogP contribution in [-0.4, -0.2) is 46.5 Å². The quantitative estimate of drug-likeness (QED) is 0.924. The summed E-state index contributed by atoms with van der Waals surface area (Å²) in [6, 6.07) is 0.858. The topological polar surface area (TPSA) is 60.9 Å². The second-order valence-corrected chi connectivity index (χ2v) is 6.10. The first-order valence-electron chi connectivity index (χ1n) is 5.42. The van der Waals surface area contributed by atoms with Gasteiger partial charge < -0.3 is 14.9 Å². The molecule has 1 aromatic rings. The van der Waals surface area contributed by atoms with Crippen molar-refractivity contribution in [2.75, 3.05) is 13.6 Å². The van der Waals surface area contributed by atoms with E-state index in [4.69, 9.17) is 5.11 Å². The second-order valence-electron chi connectivity index (χ2n) is 4.24. The van der Waals surface area contributed by atoms with E-state index in [2.05, 4.69) is 15.9 Å². The van der Waals surface area contributed by atoms with E-state index in [1.165, 1.54) is 11.8 Å². The molecule has 2 heterocycles. The summed E-state index contributed by atoms with van der Waals surface area (Å²) < 4.78 is 0.980. The molecule has 0 spiro atoms. The van der Waals surface area contributed by atoms with Crippen LogP contribution in [0.2, 0.25) is 0 Å². The molecule has 0 radical (unpaired) electrons. The smallest absolute Gasteiger partial charge is 0.326 e. The fraction of sp³-hybridized carbons (Fsp3) is 0.455. The molecule has 0 aromatic carbocycles. The van der Waals surface area contributed by atoms with Crippen LogP contribution in [-0.2, 0) is 4.79 Å². The number of urea groups is 1. The molecular formula is C11H13BrN2O3S. The van der Waals surface area contributed by atoms with Crippen LogP contribution in [0.5, 0.6) is 0 Å². The molecule has 2 rings (SSSR count). The van der Waals surface area contributed by atoms with Gasteiger partial charge in [-0.2, -0.15) is 0 Å². The minimum absolute atomic E-state index is 0.0735. The highest BCUT2D eigenvalue weighted by Crippen LogP contribution is 2.34. The maximum Gasteiger partial charge on any atom is 0.326 e. The molecule has 1 saturated heterocycles. The summed E-state index contributed by atoms with van der Waals surface area (Å²) in [5, 5.41) is 10.9. The number of carbonyl (C=O) groups is 2. The molecule has 1 N–H and O–H groups in total. The van der Waals surface area contributed by atoms with E-state index in [0.717, 1.165) is 9.35 Å². The van der Waals surface area contributed by atoms with Crippen LogP contribution in [0.4, 0.5) is 4.79 Å². The van der Waals surface area contributed by atoms with Crippen molar-refractivity contribution in [1.29, 1.82) is 0 Å². The fourth-order valence-corrected chi connectivity index (χ4v) is 3.54. The molecule has 2 unspecified atom stereocenters. The van der Waals surface area contributed by atoms with Crippen molar-refractivity contribution in [1.82, 2.24) is 9.80 Å². The summed E-state index contributed by atoms with van der Waals surface area (Å²) >= 11 is 4.94. The number of likely N-dealkylation sites (N-methyl/N-ethyl adjacent to an activating group) is 1. The van der Waals surface area contributed by atoms with Crippen LogP contribution < -0.4 is 0 Å². The van der Waals surface area contributed by atoms with Gasteiger partial charge in [0.05, 0.1) is 6.04 Å². The SMILES string of the molecule is CC(C(=O)O)N1CC(c2cc(Br)cs2)N(C)C1=O. The van der Waals surface area contributed by atoms with Gasteiger partial charge in [0.25, 0.3) is 0 Å². The third-order valence-corrected chi connectivity index (χ3v) is 4.92. The first-order chi connectivity index (χ1) is 8.41. The molecule has 18 heavy (non-hydrogen) atoms. The number of rotatable bonds is 3. The third-order valence-electron chi connectivity index (χ3n) is 3.13. The minimum atomic E-state index is -0.982. The zero-order chi connectivity index (χ0) is 13.4. The maximum absolute atomic E-state index is 12.0. The Kier molecular flexibility index (Phi) is 3.63. The molecular weight excluding hydrogens is 320 g/mol. The molecule has 1 aromatic heterocycles. The van der Waals surface area contributed by atoms with Crippen LogP contribution in [0.3, 0.4) is 0 Å². The Morgan fingerprint density at radius 2 is 2.33 bits per heavy atom. The van der Waals surface area contributed by atoms with Crippen molar-refractivity contribution in [3.63, 3.8) is 0 Å². The van der Waals surface area contributed by atoms with Crippen molar-refractivity contribution < 1.29 is 14.7 Å². The maximum atomic E-state index is 12.0. The van der Waals surface area contributed by atoms with Gasteiger partial charge in [-0.1, -0.05) is 0 Å². The first-order valence-corrected chi connectivity index (χ1v) is 7.09. The van der Waals surface area contributed by atoms with Gasteiger partial charge >= 0.3 is 12.0 Å². The highest BCUT2D eigenvalue weighted by atomic mass is 79.9. The van der Waals surface area contributed by atoms with Gasteiger partial charge in [-0.25, -0.2) is 9.59 Å². The van der Waals surface area contributed by atoms with Crippen LogP contribution in [0, 0.1) is 0 Å². The number of aliphatic carboxylic acids is 1. The Hall–Kier alpha value is -1.08. The van der Waals surface area contributed by atoms with Crippen LogP contribution in [0.1, 0.15) is 17.8 Å². The molecule has 0 aliphatic carbocycles. The lowest BCUT2D eigenvalue weighted by atomic mass is 10.2. The van der Waals surface area contributed by atoms with Crippen molar-refractivity contribution in [3.05, 3.63) is 20.8 Å². The number of carboxylic acid groups (broad SMARTS) is 1. The first kappa shape index (κ1) is 13.4. The van der Waals surface area contributed by atoms with Crippen LogP contribution in [0.15, 0.2) is 15.9 Å². The number of hydrogen-bond donors (Lipinski definition) is 1. The van der Waals surface area contributed by atoms with Gasteiger partial charge in [0.2, 0.25) is 0 Å². The number of carbonyl (C=O) groups excluding carboxylic acids is 1. The zero-order valence-electron chi connectivity index (χ0n) is 9.96. The molecule has 1 fully saturated rings. The van der Waals surface area contributed by atoms with Gasteiger partial charge in [0.1, 0.15) is 6.04 Å². The summed E-state index contributed by atoms with van der Waals surface area (Å²) in [6.07, 6.45) is 0. The zero-order valence-corrected chi connectivity index (χ0v) is 12.4. The van der Waals surface area contributed by atoms with Crippen molar-refractivity contribution in [2.45, 2.75) is 19.0 Å². The summed E-state index contributed by atoms with van der Waals surface area (Å²) in [5.74, 6) is -0.982. The Labute approximate surface area is 117 Å². The molecule has 2 amide bonds. The van der Waals surface area contributed by atoms with Gasteiger partial charge in [0, 0.05) is 28.3 Å². The summed E-state index contributed by atoms with van der Waals surface area (Å²) in [7, 11) is 1.70. The number of hydrogen-bond acceptors (Lipinski definition) is 3. The number of thiophene rings is 1. The predicted molar refractivity (Wildman–Crippen MR) is 71.7 cm³/mol. The number of nitrogens with zero attached hydrogens (tertiary/aromatic N) is 2. The fourth-order valence-electron chi connectivity index (χ4n) is 1.96. The van der Waals surface area contributed by atoms with Crippen molar-refractivity contribution in [3.8, 4) is 0 Å². The molecule has 98 valence electrons. The van der Waals surface area contributed by atoms with Crippen molar-refractivity contribution in [2.24, 2.45) is 0 Å². The average molecular weight is 333 g/mol. The van der Waals surface area contributed by atoms with Crippen LogP contribution in [0.25, 0.3) is 0 Å². The molecule has 0 saturated carbocycles. The van der Waals surface area contributed by atoms with E-state index in [9.17, 15) is 9.59 Å². The van der Waals surface area contributed by atoms with Crippen molar-refractivity contribution >= 4 is 39.3 Å². The standard InChI is InChI=1S/C11H13BrN2O3S/c1-6(10(15)16)14-4-8(13(2)11(14)17)9-3-7(12)5-18-9/h3,5-6,8H,4H2,1-2H3,(H,15,16). The molecule has 0 bridgehead atoms. The Morgan fingerprint density at radius 3 is 2.83 bits per heavy atom. The van der Waals surface area contributed by atoms with Gasteiger partial charge in [0.15, 0.2) is 0 Å². The Balaban J connectivity index is 2.22. The van der Waals surface area contributed by atoms with Gasteiger partial charge in [-0.15, -0.1) is 11.3 Å². The molecule has 5 nitrogen and oxygen atoms in total. The number of amides is 2. The van der Waals surface area contributed by atoms with E-state index in [-0.39, 0.29) is 12.1 Å². The summed E-state index contributed by atoms with van der Waals surface area (Å²) in [5.41, 5.74) is 0. The van der Waals surface area contributed by atoms with E-state index < -0.39 is 12.0 Å². The normalized spacial score (nSPS) is 21.5. The molecule has 2 atom stereocenters. The average Bonchev–Trinajstić information content (AvgIpc) is 2.85. The van der Waals surface area contributed by atoms with E-state index in [0.29, 0.717) is 6.54 Å². The van der Waals surface area contributed by atoms with E-state index in [1.807, 2.05) is 11.4 Å². The lowest BCUT2D eigenvalue weighted by molar-refractivity contribution is -0.141. The Morgan fingerprint density at radius 1 is 1.67 bits per heavy atom. The highest BCUT2D eigenvalue weighted by molar-refractivity contribution is 9.10. The Bertz CT molecular complexity index is 490. The highest BCUT2D eigenvalue weighted by Gasteiger charge is 2.40. The van der Waals surface area contributed by atoms with E-state index in [1.54, 1.807) is 23.3 Å².